The zero-order chi connectivity index (χ0) is 13.5. The van der Waals surface area contributed by atoms with Crippen LogP contribution in [-0.2, 0) is 4.74 Å². The third-order valence-electron chi connectivity index (χ3n) is 2.65. The van der Waals surface area contributed by atoms with Crippen molar-refractivity contribution in [2.24, 2.45) is 0 Å². The van der Waals surface area contributed by atoms with Crippen molar-refractivity contribution in [1.29, 1.82) is 0 Å². The van der Waals surface area contributed by atoms with Crippen molar-refractivity contribution in [1.82, 2.24) is 5.32 Å². The molecule has 100 valence electrons. The number of carbonyl (C=O) groups excluding carboxylic acids is 1. The van der Waals surface area contributed by atoms with E-state index in [-0.39, 0.29) is 12.5 Å². The number of nitrogen functional groups attached to an aromatic ring is 1. The molecule has 18 heavy (non-hydrogen) atoms. The van der Waals surface area contributed by atoms with Gasteiger partial charge in [-0.05, 0) is 25.0 Å². The summed E-state index contributed by atoms with van der Waals surface area (Å²) in [5.41, 5.74) is 7.57. The van der Waals surface area contributed by atoms with Crippen LogP contribution in [-0.4, -0.2) is 37.4 Å². The number of aliphatic hydroxyl groups is 1. The van der Waals surface area contributed by atoms with Gasteiger partial charge in [0, 0.05) is 19.3 Å². The Kier molecular flexibility index (Phi) is 5.61. The molecule has 1 aromatic rings. The van der Waals surface area contributed by atoms with Gasteiger partial charge in [0.05, 0.1) is 18.3 Å². The smallest absolute Gasteiger partial charge is 0.253 e. The molecule has 4 N–H and O–H groups in total. The predicted octanol–water partition coefficient (Wildman–Crippen LogP) is 0.704. The van der Waals surface area contributed by atoms with Gasteiger partial charge in [-0.15, -0.1) is 0 Å². The SMILES string of the molecule is COCC(O)CCNC(=O)c1c(C)cccc1N. The van der Waals surface area contributed by atoms with E-state index >= 15 is 0 Å². The summed E-state index contributed by atoms with van der Waals surface area (Å²) in [6.07, 6.45) is -0.115. The number of methoxy groups -OCH3 is 1. The molecule has 0 radical (unpaired) electrons. The minimum absolute atomic E-state index is 0.213. The van der Waals surface area contributed by atoms with E-state index < -0.39 is 6.10 Å². The topological polar surface area (TPSA) is 84.6 Å². The Morgan fingerprint density at radius 2 is 2.28 bits per heavy atom. The third-order valence-corrected chi connectivity index (χ3v) is 2.65. The van der Waals surface area contributed by atoms with Crippen molar-refractivity contribution in [2.75, 3.05) is 26.0 Å². The Labute approximate surface area is 107 Å². The maximum Gasteiger partial charge on any atom is 0.253 e. The van der Waals surface area contributed by atoms with Crippen molar-refractivity contribution in [2.45, 2.75) is 19.4 Å². The van der Waals surface area contributed by atoms with Gasteiger partial charge in [0.25, 0.3) is 5.91 Å². The molecule has 5 heteroatoms. The van der Waals surface area contributed by atoms with Crippen molar-refractivity contribution in [3.63, 3.8) is 0 Å². The Balaban J connectivity index is 2.51. The van der Waals surface area contributed by atoms with E-state index in [1.165, 1.54) is 7.11 Å². The summed E-state index contributed by atoms with van der Waals surface area (Å²) in [6.45, 7) is 2.49. The number of hydrogen-bond acceptors (Lipinski definition) is 4. The molecule has 0 aromatic heterocycles. The highest BCUT2D eigenvalue weighted by atomic mass is 16.5. The number of rotatable bonds is 6. The Morgan fingerprint density at radius 3 is 2.89 bits per heavy atom. The number of benzene rings is 1. The molecule has 0 spiro atoms. The standard InChI is InChI=1S/C13H20N2O3/c1-9-4-3-5-11(14)12(9)13(17)15-7-6-10(16)8-18-2/h3-5,10,16H,6-8,14H2,1-2H3,(H,15,17). The normalized spacial score (nSPS) is 12.2. The van der Waals surface area contributed by atoms with Crippen LogP contribution in [0.5, 0.6) is 0 Å². The van der Waals surface area contributed by atoms with Crippen LogP contribution in [0, 0.1) is 6.92 Å². The molecule has 1 unspecified atom stereocenters. The van der Waals surface area contributed by atoms with Gasteiger partial charge in [0.1, 0.15) is 0 Å². The summed E-state index contributed by atoms with van der Waals surface area (Å²) in [5.74, 6) is -0.213. The number of amides is 1. The van der Waals surface area contributed by atoms with Gasteiger partial charge in [0.15, 0.2) is 0 Å². The lowest BCUT2D eigenvalue weighted by Gasteiger charge is -2.12. The molecular formula is C13H20N2O3. The third kappa shape index (κ3) is 4.01. The maximum atomic E-state index is 11.9. The van der Waals surface area contributed by atoms with Crippen LogP contribution in [0.3, 0.4) is 0 Å². The summed E-state index contributed by atoms with van der Waals surface area (Å²) >= 11 is 0. The van der Waals surface area contributed by atoms with Gasteiger partial charge in [0.2, 0.25) is 0 Å². The van der Waals surface area contributed by atoms with Crippen LogP contribution in [0.2, 0.25) is 0 Å². The number of ether oxygens (including phenoxy) is 1. The van der Waals surface area contributed by atoms with Crippen molar-refractivity contribution < 1.29 is 14.6 Å². The molecule has 0 bridgehead atoms. The molecule has 5 nitrogen and oxygen atoms in total. The van der Waals surface area contributed by atoms with Gasteiger partial charge in [-0.2, -0.15) is 0 Å². The molecule has 0 aliphatic heterocycles. The summed E-state index contributed by atoms with van der Waals surface area (Å²) in [5, 5.41) is 12.2. The van der Waals surface area contributed by atoms with Crippen LogP contribution in [0.25, 0.3) is 0 Å². The van der Waals surface area contributed by atoms with Crippen molar-refractivity contribution in [3.8, 4) is 0 Å². The number of carbonyl (C=O) groups is 1. The number of hydrogen-bond donors (Lipinski definition) is 3. The number of aryl methyl sites for hydroxylation is 1. The summed E-state index contributed by atoms with van der Waals surface area (Å²) in [7, 11) is 1.52. The van der Waals surface area contributed by atoms with Crippen molar-refractivity contribution in [3.05, 3.63) is 29.3 Å². The fourth-order valence-corrected chi connectivity index (χ4v) is 1.72. The molecule has 0 saturated heterocycles. The first-order valence-electron chi connectivity index (χ1n) is 5.86. The summed E-state index contributed by atoms with van der Waals surface area (Å²) < 4.78 is 4.80. The van der Waals surface area contributed by atoms with E-state index in [2.05, 4.69) is 5.32 Å². The van der Waals surface area contributed by atoms with Crippen molar-refractivity contribution >= 4 is 11.6 Å². The highest BCUT2D eigenvalue weighted by Crippen LogP contribution is 2.15. The fourth-order valence-electron chi connectivity index (χ4n) is 1.72. The molecule has 1 amide bonds. The zero-order valence-electron chi connectivity index (χ0n) is 10.8. The molecule has 1 atom stereocenters. The molecule has 1 rings (SSSR count). The lowest BCUT2D eigenvalue weighted by atomic mass is 10.1. The average molecular weight is 252 g/mol. The first-order chi connectivity index (χ1) is 8.56. The van der Waals surface area contributed by atoms with Crippen LogP contribution in [0.1, 0.15) is 22.3 Å². The summed E-state index contributed by atoms with van der Waals surface area (Å²) in [4.78, 5) is 11.9. The highest BCUT2D eigenvalue weighted by molar-refractivity contribution is 6.00. The minimum Gasteiger partial charge on any atom is -0.398 e. The Hall–Kier alpha value is -1.59. The maximum absolute atomic E-state index is 11.9. The van der Waals surface area contributed by atoms with Crippen LogP contribution < -0.4 is 11.1 Å². The first-order valence-corrected chi connectivity index (χ1v) is 5.86. The van der Waals surface area contributed by atoms with E-state index in [1.54, 1.807) is 6.07 Å². The zero-order valence-corrected chi connectivity index (χ0v) is 10.8. The van der Waals surface area contributed by atoms with E-state index in [1.807, 2.05) is 19.1 Å². The minimum atomic E-state index is -0.565. The van der Waals surface area contributed by atoms with E-state index in [4.69, 9.17) is 10.5 Å². The molecule has 1 aromatic carbocycles. The number of nitrogens with two attached hydrogens (primary N) is 1. The fraction of sp³-hybridized carbons (Fsp3) is 0.462. The quantitative estimate of drug-likeness (QED) is 0.651. The van der Waals surface area contributed by atoms with Gasteiger partial charge < -0.3 is 20.9 Å². The molecule has 0 heterocycles. The number of nitrogens with one attached hydrogen (secondary N) is 1. The number of anilines is 1. The van der Waals surface area contributed by atoms with E-state index in [0.29, 0.717) is 24.2 Å². The monoisotopic (exact) mass is 252 g/mol. The Morgan fingerprint density at radius 1 is 1.56 bits per heavy atom. The predicted molar refractivity (Wildman–Crippen MR) is 70.4 cm³/mol. The molecule has 0 aliphatic carbocycles. The van der Waals surface area contributed by atoms with Gasteiger partial charge >= 0.3 is 0 Å². The van der Waals surface area contributed by atoms with Crippen LogP contribution in [0.4, 0.5) is 5.69 Å². The lowest BCUT2D eigenvalue weighted by Crippen LogP contribution is -2.29. The second-order valence-electron chi connectivity index (χ2n) is 4.19. The van der Waals surface area contributed by atoms with Gasteiger partial charge in [-0.3, -0.25) is 4.79 Å². The Bertz CT molecular complexity index is 387. The molecule has 0 saturated carbocycles. The van der Waals surface area contributed by atoms with Crippen LogP contribution in [0.15, 0.2) is 18.2 Å². The van der Waals surface area contributed by atoms with Gasteiger partial charge in [-0.1, -0.05) is 12.1 Å². The second-order valence-corrected chi connectivity index (χ2v) is 4.19. The molecule has 0 fully saturated rings. The average Bonchev–Trinajstić information content (AvgIpc) is 2.29. The molecule has 0 aliphatic rings. The first kappa shape index (κ1) is 14.5. The van der Waals surface area contributed by atoms with E-state index in [0.717, 1.165) is 5.56 Å². The highest BCUT2D eigenvalue weighted by Gasteiger charge is 2.12. The number of aliphatic hydroxyl groups excluding tert-OH is 1. The van der Waals surface area contributed by atoms with Crippen LogP contribution >= 0.6 is 0 Å². The summed E-state index contributed by atoms with van der Waals surface area (Å²) in [6, 6.07) is 5.34. The largest absolute Gasteiger partial charge is 0.398 e. The van der Waals surface area contributed by atoms with Gasteiger partial charge in [-0.25, -0.2) is 0 Å². The molecular weight excluding hydrogens is 232 g/mol. The second kappa shape index (κ2) is 6.98. The lowest BCUT2D eigenvalue weighted by molar-refractivity contribution is 0.0588. The van der Waals surface area contributed by atoms with E-state index in [9.17, 15) is 9.90 Å².